The lowest BCUT2D eigenvalue weighted by Gasteiger charge is -2.30. The Morgan fingerprint density at radius 3 is 1.45 bits per heavy atom. The predicted molar refractivity (Wildman–Crippen MR) is 71.4 cm³/mol. The average molecular weight is 288 g/mol. The second kappa shape index (κ2) is 7.97. The summed E-state index contributed by atoms with van der Waals surface area (Å²) in [5.41, 5.74) is 0. The number of carbonyl (C=O) groups excluding carboxylic acids is 2. The molecule has 116 valence electrons. The fourth-order valence-corrected chi connectivity index (χ4v) is 2.02. The highest BCUT2D eigenvalue weighted by molar-refractivity contribution is 5.61. The molecule has 6 heteroatoms. The van der Waals surface area contributed by atoms with Crippen LogP contribution in [-0.4, -0.2) is 36.7 Å². The van der Waals surface area contributed by atoms with E-state index < -0.39 is 24.5 Å². The van der Waals surface area contributed by atoms with Gasteiger partial charge >= 0.3 is 12.3 Å². The first-order valence-corrected chi connectivity index (χ1v) is 7.13. The van der Waals surface area contributed by atoms with E-state index in [2.05, 4.69) is 0 Å². The van der Waals surface area contributed by atoms with E-state index in [0.29, 0.717) is 12.8 Å². The summed E-state index contributed by atoms with van der Waals surface area (Å²) in [4.78, 5) is 23.0. The molecule has 0 aromatic heterocycles. The summed E-state index contributed by atoms with van der Waals surface area (Å²) >= 11 is 0. The number of ether oxygens (including phenoxy) is 4. The van der Waals surface area contributed by atoms with Crippen LogP contribution in [0.2, 0.25) is 0 Å². The van der Waals surface area contributed by atoms with Gasteiger partial charge in [-0.3, -0.25) is 0 Å². The predicted octanol–water partition coefficient (Wildman–Crippen LogP) is 3.42. The number of carbonyl (C=O) groups is 2. The third-order valence-corrected chi connectivity index (χ3v) is 2.80. The monoisotopic (exact) mass is 288 g/mol. The van der Waals surface area contributed by atoms with Crippen molar-refractivity contribution in [2.75, 3.05) is 0 Å². The van der Waals surface area contributed by atoms with Gasteiger partial charge in [0.2, 0.25) is 0 Å². The van der Waals surface area contributed by atoms with E-state index in [1.54, 1.807) is 27.7 Å². The van der Waals surface area contributed by atoms with E-state index in [-0.39, 0.29) is 12.2 Å². The second-order valence-electron chi connectivity index (χ2n) is 5.43. The van der Waals surface area contributed by atoms with E-state index in [9.17, 15) is 9.59 Å². The van der Waals surface area contributed by atoms with Crippen molar-refractivity contribution in [3.8, 4) is 0 Å². The summed E-state index contributed by atoms with van der Waals surface area (Å²) in [6.07, 6.45) is 0.324. The molecule has 0 saturated heterocycles. The van der Waals surface area contributed by atoms with Gasteiger partial charge in [-0.05, 0) is 53.4 Å². The van der Waals surface area contributed by atoms with Gasteiger partial charge in [0.25, 0.3) is 0 Å². The van der Waals surface area contributed by atoms with Crippen molar-refractivity contribution in [1.82, 2.24) is 0 Å². The Labute approximate surface area is 119 Å². The molecule has 1 fully saturated rings. The highest BCUT2D eigenvalue weighted by Crippen LogP contribution is 2.25. The Morgan fingerprint density at radius 2 is 1.15 bits per heavy atom. The number of rotatable bonds is 4. The molecule has 6 nitrogen and oxygen atoms in total. The first-order chi connectivity index (χ1) is 9.38. The van der Waals surface area contributed by atoms with Crippen LogP contribution in [0.3, 0.4) is 0 Å². The van der Waals surface area contributed by atoms with Crippen LogP contribution >= 0.6 is 0 Å². The minimum atomic E-state index is -0.724. The molecule has 0 bridgehead atoms. The molecule has 0 heterocycles. The second-order valence-corrected chi connectivity index (χ2v) is 5.43. The molecule has 0 spiro atoms. The molecule has 0 aromatic carbocycles. The summed E-state index contributed by atoms with van der Waals surface area (Å²) in [5.74, 6) is 0. The van der Waals surface area contributed by atoms with E-state index >= 15 is 0 Å². The molecule has 0 N–H and O–H groups in total. The van der Waals surface area contributed by atoms with E-state index in [0.717, 1.165) is 12.8 Å². The van der Waals surface area contributed by atoms with Crippen molar-refractivity contribution < 1.29 is 28.5 Å². The summed E-state index contributed by atoms with van der Waals surface area (Å²) in [6.45, 7) is 6.98. The van der Waals surface area contributed by atoms with Crippen LogP contribution in [0.25, 0.3) is 0 Å². The molecule has 20 heavy (non-hydrogen) atoms. The molecular weight excluding hydrogens is 264 g/mol. The Balaban J connectivity index is 2.49. The summed E-state index contributed by atoms with van der Waals surface area (Å²) in [5, 5.41) is 0. The lowest BCUT2D eigenvalue weighted by Crippen LogP contribution is -2.38. The molecule has 0 radical (unpaired) electrons. The highest BCUT2D eigenvalue weighted by Gasteiger charge is 2.32. The molecular formula is C14H24O6. The zero-order valence-electron chi connectivity index (χ0n) is 12.6. The third kappa shape index (κ3) is 6.12. The van der Waals surface area contributed by atoms with Crippen molar-refractivity contribution in [3.05, 3.63) is 0 Å². The smallest absolute Gasteiger partial charge is 0.432 e. The van der Waals surface area contributed by atoms with Crippen molar-refractivity contribution in [2.45, 2.75) is 77.8 Å². The van der Waals surface area contributed by atoms with Gasteiger partial charge in [-0.2, -0.15) is 0 Å². The van der Waals surface area contributed by atoms with Crippen molar-refractivity contribution in [3.63, 3.8) is 0 Å². The van der Waals surface area contributed by atoms with Gasteiger partial charge in [-0.1, -0.05) is 0 Å². The van der Waals surface area contributed by atoms with Gasteiger partial charge < -0.3 is 18.9 Å². The van der Waals surface area contributed by atoms with E-state index in [1.165, 1.54) is 0 Å². The molecule has 0 aliphatic heterocycles. The lowest BCUT2D eigenvalue weighted by molar-refractivity contribution is -0.0789. The molecule has 0 amide bonds. The van der Waals surface area contributed by atoms with Crippen molar-refractivity contribution in [1.29, 1.82) is 0 Å². The Kier molecular flexibility index (Phi) is 6.61. The number of hydrogen-bond donors (Lipinski definition) is 0. The maximum absolute atomic E-state index is 11.5. The molecule has 1 saturated carbocycles. The summed E-state index contributed by atoms with van der Waals surface area (Å²) < 4.78 is 20.3. The Bertz CT molecular complexity index is 294. The standard InChI is InChI=1S/C14H24O6/c1-9(2)17-13(15)19-11-7-5-6-8-12(11)20-14(16)18-10(3)4/h9-12H,5-8H2,1-4H3. The summed E-state index contributed by atoms with van der Waals surface area (Å²) in [6, 6.07) is 0. The maximum Gasteiger partial charge on any atom is 0.508 e. The topological polar surface area (TPSA) is 71.1 Å². The van der Waals surface area contributed by atoms with Gasteiger partial charge in [-0.25, -0.2) is 9.59 Å². The molecule has 0 aromatic rings. The van der Waals surface area contributed by atoms with Crippen LogP contribution in [0.1, 0.15) is 53.4 Å². The van der Waals surface area contributed by atoms with Gasteiger partial charge in [0.1, 0.15) is 12.2 Å². The third-order valence-electron chi connectivity index (χ3n) is 2.80. The minimum Gasteiger partial charge on any atom is -0.432 e. The maximum atomic E-state index is 11.5. The molecule has 2 unspecified atom stereocenters. The van der Waals surface area contributed by atoms with Crippen LogP contribution in [0.15, 0.2) is 0 Å². The van der Waals surface area contributed by atoms with Gasteiger partial charge in [0.05, 0.1) is 12.2 Å². The van der Waals surface area contributed by atoms with Crippen LogP contribution in [0.5, 0.6) is 0 Å². The summed E-state index contributed by atoms with van der Waals surface area (Å²) in [7, 11) is 0. The normalized spacial score (nSPS) is 22.5. The van der Waals surface area contributed by atoms with Crippen LogP contribution < -0.4 is 0 Å². The van der Waals surface area contributed by atoms with Gasteiger partial charge in [-0.15, -0.1) is 0 Å². The van der Waals surface area contributed by atoms with Crippen molar-refractivity contribution in [2.24, 2.45) is 0 Å². The quantitative estimate of drug-likeness (QED) is 0.738. The number of hydrogen-bond acceptors (Lipinski definition) is 6. The molecule has 1 rings (SSSR count). The first-order valence-electron chi connectivity index (χ1n) is 7.13. The van der Waals surface area contributed by atoms with E-state index in [4.69, 9.17) is 18.9 Å². The molecule has 1 aliphatic carbocycles. The zero-order valence-corrected chi connectivity index (χ0v) is 12.6. The van der Waals surface area contributed by atoms with Crippen molar-refractivity contribution >= 4 is 12.3 Å². The Hall–Kier alpha value is -1.46. The molecule has 1 aliphatic rings. The average Bonchev–Trinajstić information content (AvgIpc) is 2.29. The fraction of sp³-hybridized carbons (Fsp3) is 0.857. The molecule has 2 atom stereocenters. The highest BCUT2D eigenvalue weighted by atomic mass is 16.8. The van der Waals surface area contributed by atoms with Crippen LogP contribution in [-0.2, 0) is 18.9 Å². The Morgan fingerprint density at radius 1 is 0.800 bits per heavy atom. The fourth-order valence-electron chi connectivity index (χ4n) is 2.02. The first kappa shape index (κ1) is 16.6. The zero-order chi connectivity index (χ0) is 15.1. The largest absolute Gasteiger partial charge is 0.508 e. The minimum absolute atomic E-state index is 0.239. The van der Waals surface area contributed by atoms with E-state index in [1.807, 2.05) is 0 Å². The van der Waals surface area contributed by atoms with Crippen LogP contribution in [0.4, 0.5) is 9.59 Å². The van der Waals surface area contributed by atoms with Gasteiger partial charge in [0.15, 0.2) is 0 Å². The van der Waals surface area contributed by atoms with Gasteiger partial charge in [0, 0.05) is 0 Å². The SMILES string of the molecule is CC(C)OC(=O)OC1CCCCC1OC(=O)OC(C)C. The lowest BCUT2D eigenvalue weighted by atomic mass is 9.95. The van der Waals surface area contributed by atoms with Crippen LogP contribution in [0, 0.1) is 0 Å².